The molecule has 0 radical (unpaired) electrons. The highest BCUT2D eigenvalue weighted by Crippen LogP contribution is 2.41. The molecule has 1 aliphatic rings. The van der Waals surface area contributed by atoms with E-state index < -0.39 is 10.1 Å². The van der Waals surface area contributed by atoms with Crippen LogP contribution >= 0.6 is 23.5 Å². The van der Waals surface area contributed by atoms with Gasteiger partial charge in [-0.3, -0.25) is 9.96 Å². The lowest BCUT2D eigenvalue weighted by atomic mass is 10.2. The Kier molecular flexibility index (Phi) is 6.90. The quantitative estimate of drug-likeness (QED) is 0.754. The van der Waals surface area contributed by atoms with Crippen molar-refractivity contribution in [2.45, 2.75) is 37.2 Å². The molecular weight excluding hydrogens is 254 g/mol. The molecule has 1 fully saturated rings. The number of hydrogen-bond acceptors (Lipinski definition) is 5. The van der Waals surface area contributed by atoms with Gasteiger partial charge in [-0.1, -0.05) is 37.4 Å². The Morgan fingerprint density at radius 3 is 1.73 bits per heavy atom. The number of rotatable bonds is 2. The van der Waals surface area contributed by atoms with Crippen LogP contribution in [0.5, 0.6) is 0 Å². The fourth-order valence-electron chi connectivity index (χ4n) is 1.15. The Hall–Kier alpha value is 0.280. The molecule has 0 aromatic heterocycles. The van der Waals surface area contributed by atoms with Crippen molar-refractivity contribution in [1.82, 2.24) is 0 Å². The normalized spacial score (nSPS) is 26.0. The first kappa shape index (κ1) is 15.3. The monoisotopic (exact) mass is 271 g/mol. The average molecular weight is 271 g/mol. The first-order chi connectivity index (χ1) is 6.77. The van der Waals surface area contributed by atoms with Gasteiger partial charge in [0.05, 0.1) is 6.26 Å². The van der Waals surface area contributed by atoms with Crippen LogP contribution in [0.15, 0.2) is 0 Å². The van der Waals surface area contributed by atoms with Gasteiger partial charge in [-0.2, -0.15) is 8.42 Å². The molecular formula is C8H17NO3S3. The SMILES string of the molecule is CC[C@@H]1SC(=N)S[C@H]1CC.CS(=O)(=O)O. The van der Waals surface area contributed by atoms with Gasteiger partial charge in [0.15, 0.2) is 0 Å². The van der Waals surface area contributed by atoms with Gasteiger partial charge in [0, 0.05) is 10.5 Å². The molecule has 0 unspecified atom stereocenters. The van der Waals surface area contributed by atoms with Crippen molar-refractivity contribution in [2.24, 2.45) is 0 Å². The van der Waals surface area contributed by atoms with Crippen LogP contribution in [0.1, 0.15) is 26.7 Å². The minimum absolute atomic E-state index is 0.711. The van der Waals surface area contributed by atoms with Gasteiger partial charge >= 0.3 is 0 Å². The summed E-state index contributed by atoms with van der Waals surface area (Å²) in [5.74, 6) is 0. The van der Waals surface area contributed by atoms with Crippen LogP contribution in [0, 0.1) is 5.41 Å². The maximum atomic E-state index is 9.19. The van der Waals surface area contributed by atoms with E-state index in [1.54, 1.807) is 23.5 Å². The molecule has 7 heteroatoms. The topological polar surface area (TPSA) is 78.2 Å². The minimum atomic E-state index is -3.67. The molecule has 0 spiro atoms. The molecule has 15 heavy (non-hydrogen) atoms. The standard InChI is InChI=1S/C7H13NS2.CH4O3S/c1-3-5-6(4-2)10-7(8)9-5;1-5(2,3)4/h5-6,8H,3-4H2,1-2H3;1H3,(H,2,3,4)/t5-,6-;/m0./s1. The number of hydrogen-bond donors (Lipinski definition) is 2. The van der Waals surface area contributed by atoms with Crippen molar-refractivity contribution in [3.8, 4) is 0 Å². The van der Waals surface area contributed by atoms with E-state index in [-0.39, 0.29) is 0 Å². The Balaban J connectivity index is 0.000000336. The third kappa shape index (κ3) is 8.12. The van der Waals surface area contributed by atoms with E-state index >= 15 is 0 Å². The predicted octanol–water partition coefficient (Wildman–Crippen LogP) is 2.46. The summed E-state index contributed by atoms with van der Waals surface area (Å²) in [6, 6.07) is 0. The van der Waals surface area contributed by atoms with Crippen molar-refractivity contribution in [3.05, 3.63) is 0 Å². The summed E-state index contributed by atoms with van der Waals surface area (Å²) < 4.78 is 26.7. The zero-order chi connectivity index (χ0) is 12.1. The van der Waals surface area contributed by atoms with E-state index in [0.717, 1.165) is 4.38 Å². The molecule has 0 aliphatic carbocycles. The van der Waals surface area contributed by atoms with Crippen molar-refractivity contribution in [1.29, 1.82) is 5.41 Å². The molecule has 1 aliphatic heterocycles. The molecule has 0 amide bonds. The van der Waals surface area contributed by atoms with Gasteiger partial charge < -0.3 is 0 Å². The molecule has 2 N–H and O–H groups in total. The summed E-state index contributed by atoms with van der Waals surface area (Å²) in [7, 11) is -3.67. The highest BCUT2D eigenvalue weighted by molar-refractivity contribution is 8.41. The Morgan fingerprint density at radius 1 is 1.27 bits per heavy atom. The van der Waals surface area contributed by atoms with Crippen LogP contribution in [0.3, 0.4) is 0 Å². The van der Waals surface area contributed by atoms with Crippen LogP contribution < -0.4 is 0 Å². The molecule has 2 atom stereocenters. The third-order valence-electron chi connectivity index (χ3n) is 1.74. The Labute approximate surface area is 99.9 Å². The van der Waals surface area contributed by atoms with E-state index in [2.05, 4.69) is 13.8 Å². The second-order valence-electron chi connectivity index (χ2n) is 3.15. The van der Waals surface area contributed by atoms with Gasteiger partial charge in [0.1, 0.15) is 4.38 Å². The van der Waals surface area contributed by atoms with Crippen LogP contribution in [-0.4, -0.2) is 34.1 Å². The molecule has 0 saturated carbocycles. The third-order valence-corrected chi connectivity index (χ3v) is 4.84. The highest BCUT2D eigenvalue weighted by Gasteiger charge is 2.29. The summed E-state index contributed by atoms with van der Waals surface area (Å²) in [6.07, 6.45) is 3.13. The maximum Gasteiger partial charge on any atom is 0.261 e. The second-order valence-corrected chi connectivity index (χ2v) is 7.37. The van der Waals surface area contributed by atoms with Crippen LogP contribution in [0.25, 0.3) is 0 Å². The fourth-order valence-corrected chi connectivity index (χ4v) is 4.02. The molecule has 0 bridgehead atoms. The van der Waals surface area contributed by atoms with Crippen LogP contribution in [0.4, 0.5) is 0 Å². The van der Waals surface area contributed by atoms with Gasteiger partial charge in [0.25, 0.3) is 10.1 Å². The summed E-state index contributed by atoms with van der Waals surface area (Å²) in [4.78, 5) is 0. The lowest BCUT2D eigenvalue weighted by Crippen LogP contribution is -2.12. The predicted molar refractivity (Wildman–Crippen MR) is 68.5 cm³/mol. The molecule has 1 heterocycles. The van der Waals surface area contributed by atoms with Gasteiger partial charge in [0.2, 0.25) is 0 Å². The van der Waals surface area contributed by atoms with E-state index in [1.807, 2.05) is 0 Å². The van der Waals surface area contributed by atoms with Crippen molar-refractivity contribution in [3.63, 3.8) is 0 Å². The summed E-state index contributed by atoms with van der Waals surface area (Å²) in [5.41, 5.74) is 0. The van der Waals surface area contributed by atoms with Crippen molar-refractivity contribution >= 4 is 38.0 Å². The number of nitrogens with one attached hydrogen (secondary N) is 1. The Morgan fingerprint density at radius 2 is 1.53 bits per heavy atom. The van der Waals surface area contributed by atoms with E-state index in [4.69, 9.17) is 9.96 Å². The van der Waals surface area contributed by atoms with E-state index in [1.165, 1.54) is 12.8 Å². The average Bonchev–Trinajstić information content (AvgIpc) is 2.43. The molecule has 0 aromatic rings. The molecule has 0 aromatic carbocycles. The second kappa shape index (κ2) is 6.78. The van der Waals surface area contributed by atoms with Crippen molar-refractivity contribution < 1.29 is 13.0 Å². The zero-order valence-electron chi connectivity index (χ0n) is 9.06. The van der Waals surface area contributed by atoms with Crippen LogP contribution in [-0.2, 0) is 10.1 Å². The zero-order valence-corrected chi connectivity index (χ0v) is 11.5. The van der Waals surface area contributed by atoms with E-state index in [0.29, 0.717) is 16.8 Å². The largest absolute Gasteiger partial charge is 0.288 e. The first-order valence-corrected chi connectivity index (χ1v) is 8.23. The lowest BCUT2D eigenvalue weighted by molar-refractivity contribution is 0.490. The van der Waals surface area contributed by atoms with Crippen molar-refractivity contribution in [2.75, 3.05) is 6.26 Å². The first-order valence-electron chi connectivity index (χ1n) is 4.62. The smallest absolute Gasteiger partial charge is 0.261 e. The van der Waals surface area contributed by atoms with E-state index in [9.17, 15) is 8.42 Å². The maximum absolute atomic E-state index is 9.19. The van der Waals surface area contributed by atoms with Crippen LogP contribution in [0.2, 0.25) is 0 Å². The summed E-state index contributed by atoms with van der Waals surface area (Å²) in [5, 5.41) is 8.86. The summed E-state index contributed by atoms with van der Waals surface area (Å²) in [6.45, 7) is 4.42. The van der Waals surface area contributed by atoms with Gasteiger partial charge in [-0.15, -0.1) is 0 Å². The minimum Gasteiger partial charge on any atom is -0.288 e. The molecule has 90 valence electrons. The molecule has 1 rings (SSSR count). The summed E-state index contributed by atoms with van der Waals surface area (Å²) >= 11 is 3.49. The fraction of sp³-hybridized carbons (Fsp3) is 0.875. The Bertz CT molecular complexity index is 280. The number of thioether (sulfide) groups is 2. The molecule has 1 saturated heterocycles. The van der Waals surface area contributed by atoms with Gasteiger partial charge in [-0.05, 0) is 12.8 Å². The van der Waals surface area contributed by atoms with Gasteiger partial charge in [-0.25, -0.2) is 0 Å². The highest BCUT2D eigenvalue weighted by atomic mass is 32.2. The lowest BCUT2D eigenvalue weighted by Gasteiger charge is -2.11. The molecule has 4 nitrogen and oxygen atoms in total.